The number of carbonyl (C=O) groups is 6. The second kappa shape index (κ2) is 74.0. The molecular formula is C91H123Cl2F5N2O13S2. The molecule has 0 aliphatic rings. The van der Waals surface area contributed by atoms with Gasteiger partial charge in [0.05, 0.1) is 63.9 Å². The topological polar surface area (TPSA) is 229 Å². The monoisotopic (exact) mass is 1680 g/mol. The van der Waals surface area contributed by atoms with Crippen molar-refractivity contribution >= 4 is 83.5 Å². The second-order valence-corrected chi connectivity index (χ2v) is 24.2. The van der Waals surface area contributed by atoms with Crippen LogP contribution in [-0.2, 0) is 51.3 Å². The number of nitrogens with one attached hydrogen (secondary N) is 1. The number of aliphatic hydroxyl groups is 2. The number of carbonyl (C=O) groups excluding carboxylic acids is 6. The Labute approximate surface area is 706 Å². The fourth-order valence-electron chi connectivity index (χ4n) is 8.85. The predicted octanol–water partition coefficient (Wildman–Crippen LogP) is 17.4. The van der Waals surface area contributed by atoms with Gasteiger partial charge in [0.1, 0.15) is 44.9 Å². The van der Waals surface area contributed by atoms with Crippen LogP contribution in [0.2, 0.25) is 0 Å². The molecule has 0 bridgehead atoms. The van der Waals surface area contributed by atoms with Gasteiger partial charge in [0.2, 0.25) is 0 Å². The number of ether oxygens (including phenoxy) is 5. The van der Waals surface area contributed by atoms with Gasteiger partial charge in [0.15, 0.2) is 29.7 Å². The van der Waals surface area contributed by atoms with E-state index in [-0.39, 0.29) is 148 Å². The molecule has 0 amide bonds. The van der Waals surface area contributed by atoms with Gasteiger partial charge in [0.25, 0.3) is 0 Å². The number of benzene rings is 8. The Kier molecular flexibility index (Phi) is 71.0. The molecule has 15 nitrogen and oxygen atoms in total. The van der Waals surface area contributed by atoms with Crippen molar-refractivity contribution in [2.24, 2.45) is 0 Å². The molecule has 0 radical (unpaired) electrons. The first kappa shape index (κ1) is 110. The molecule has 8 aromatic rings. The van der Waals surface area contributed by atoms with E-state index in [0.29, 0.717) is 62.7 Å². The third kappa shape index (κ3) is 54.6. The van der Waals surface area contributed by atoms with Crippen molar-refractivity contribution in [2.45, 2.75) is 178 Å². The lowest BCUT2D eigenvalue weighted by molar-refractivity contribution is -0.380. The summed E-state index contributed by atoms with van der Waals surface area (Å²) in [7, 11) is 1.25. The van der Waals surface area contributed by atoms with Crippen molar-refractivity contribution in [1.82, 2.24) is 5.32 Å². The lowest BCUT2D eigenvalue weighted by Gasteiger charge is -2.09. The zero-order chi connectivity index (χ0) is 84.2. The van der Waals surface area contributed by atoms with Gasteiger partial charge in [-0.25, -0.2) is 22.0 Å². The highest BCUT2D eigenvalue weighted by Crippen LogP contribution is 2.23. The Morgan fingerprint density at radius 3 is 0.991 bits per heavy atom. The number of quaternary nitrogens is 1. The van der Waals surface area contributed by atoms with E-state index in [2.05, 4.69) is 41.4 Å². The second-order valence-electron chi connectivity index (χ2n) is 23.9. The molecule has 0 saturated heterocycles. The average molecular weight is 1690 g/mol. The summed E-state index contributed by atoms with van der Waals surface area (Å²) < 4.78 is 100. The van der Waals surface area contributed by atoms with Crippen molar-refractivity contribution in [3.63, 3.8) is 0 Å². The number of halogens is 7. The van der Waals surface area contributed by atoms with E-state index in [4.69, 9.17) is 31.5 Å². The van der Waals surface area contributed by atoms with Crippen LogP contribution in [0.4, 0.5) is 22.0 Å². The molecule has 6 unspecified atom stereocenters. The van der Waals surface area contributed by atoms with E-state index in [1.54, 1.807) is 57.2 Å². The molecule has 0 heterocycles. The molecule has 0 aliphatic heterocycles. The number of Topliss-reactive ketones (excluding diaryl/α,β-unsaturated/α-hetero) is 3. The molecule has 8 aromatic carbocycles. The minimum Gasteiger partial charge on any atom is -1.00 e. The van der Waals surface area contributed by atoms with Gasteiger partial charge in [-0.1, -0.05) is 313 Å². The molecule has 0 saturated carbocycles. The summed E-state index contributed by atoms with van der Waals surface area (Å²) in [6, 6.07) is 71.1. The van der Waals surface area contributed by atoms with E-state index in [0.717, 1.165) is 50.9 Å². The maximum Gasteiger partial charge on any atom is 0.306 e. The fraction of sp³-hybridized carbons (Fsp3) is 0.385. The van der Waals surface area contributed by atoms with E-state index >= 15 is 0 Å². The van der Waals surface area contributed by atoms with Crippen LogP contribution in [0.25, 0.3) is 33.4 Å². The van der Waals surface area contributed by atoms with Crippen LogP contribution in [0, 0.1) is 0 Å². The number of ketones is 3. The van der Waals surface area contributed by atoms with Crippen molar-refractivity contribution in [3.05, 3.63) is 252 Å². The van der Waals surface area contributed by atoms with Crippen LogP contribution in [-0.4, -0.2) is 147 Å². The van der Waals surface area contributed by atoms with E-state index in [1.165, 1.54) is 12.9 Å². The number of alkyl halides is 5. The van der Waals surface area contributed by atoms with Crippen LogP contribution in [0.5, 0.6) is 0 Å². The maximum atomic E-state index is 13.3. The van der Waals surface area contributed by atoms with Crippen LogP contribution < -0.4 is 23.5 Å². The van der Waals surface area contributed by atoms with Crippen molar-refractivity contribution < 1.29 is 105 Å². The van der Waals surface area contributed by atoms with E-state index < -0.39 is 48.8 Å². The van der Waals surface area contributed by atoms with Crippen molar-refractivity contribution in [1.29, 1.82) is 0 Å². The highest BCUT2D eigenvalue weighted by Gasteiger charge is 2.17. The molecule has 6 atom stereocenters. The lowest BCUT2D eigenvalue weighted by atomic mass is 10.0. The van der Waals surface area contributed by atoms with E-state index in [1.807, 2.05) is 202 Å². The number of rotatable bonds is 38. The maximum absolute atomic E-state index is 13.3. The quantitative estimate of drug-likeness (QED) is 0.00927. The Balaban J connectivity index is -0.000000435. The van der Waals surface area contributed by atoms with Gasteiger partial charge < -0.3 is 57.4 Å². The molecule has 0 fully saturated rings. The molecule has 24 heteroatoms. The van der Waals surface area contributed by atoms with Crippen LogP contribution >= 0.6 is 36.8 Å². The highest BCUT2D eigenvalue weighted by atomic mass is 35.5. The van der Waals surface area contributed by atoms with Gasteiger partial charge >= 0.3 is 17.9 Å². The largest absolute Gasteiger partial charge is 1.00 e. The lowest BCUT2D eigenvalue weighted by Crippen LogP contribution is -3.00. The Hall–Kier alpha value is -8.81. The molecule has 8 rings (SSSR count). The first-order chi connectivity index (χ1) is 54.7. The average Bonchev–Trinajstić information content (AvgIpc) is 0.865. The summed E-state index contributed by atoms with van der Waals surface area (Å²) in [5, 5.41) is 19.7. The summed E-state index contributed by atoms with van der Waals surface area (Å²) in [5.41, 5.74) is 14.7. The van der Waals surface area contributed by atoms with Crippen LogP contribution in [0.15, 0.2) is 224 Å². The zero-order valence-corrected chi connectivity index (χ0v) is 68.7. The molecular weight excluding hydrogens is 1560 g/mol. The summed E-state index contributed by atoms with van der Waals surface area (Å²) >= 11 is 8.34. The Morgan fingerprint density at radius 2 is 0.722 bits per heavy atom. The summed E-state index contributed by atoms with van der Waals surface area (Å²) in [5.74, 6) is 0.713. The molecule has 0 spiro atoms. The summed E-state index contributed by atoms with van der Waals surface area (Å²) in [4.78, 5) is 71.0. The van der Waals surface area contributed by atoms with Gasteiger partial charge in [-0.05, 0) is 76.1 Å². The Morgan fingerprint density at radius 1 is 0.452 bits per heavy atom. The predicted molar refractivity (Wildman–Crippen MR) is 463 cm³/mol. The van der Waals surface area contributed by atoms with Crippen LogP contribution in [0.3, 0.4) is 0 Å². The molecule has 6 N–H and O–H groups in total. The molecule has 0 aromatic heterocycles. The number of hydrogen-bond acceptors (Lipinski definition) is 15. The first-order valence-electron chi connectivity index (χ1n) is 38.2. The number of hydrogen-bond donors (Lipinski definition) is 4. The van der Waals surface area contributed by atoms with Gasteiger partial charge in [-0.2, -0.15) is 0 Å². The SMILES string of the molecule is C.C.C=S.CCC(F)CO.CCC(F)COC(=O)CCC(=O)c1ccc(-c2ccccc2)cc1.CCC(F)COCc1ccccc1.CCC(O)COCc1ccccc1.Cl.O=C(CCC(=O)c1ccc(-c2ccccc2)cc1)OCC(F)CNC=S.[2H]CC.[3H]C.[Cl-].[NH3+]CC(F)COC(=O)CCC(=O)c1ccc(-c2ccccc2)cc1. The normalized spacial score (nSPS) is 11.4. The molecule has 636 valence electrons. The smallest absolute Gasteiger partial charge is 0.306 e. The van der Waals surface area contributed by atoms with Gasteiger partial charge in [-0.15, -0.1) is 12.4 Å². The summed E-state index contributed by atoms with van der Waals surface area (Å²) in [6.45, 7) is 9.94. The van der Waals surface area contributed by atoms with Crippen LogP contribution in [0.1, 0.15) is 173 Å². The van der Waals surface area contributed by atoms with Crippen molar-refractivity contribution in [2.75, 3.05) is 52.7 Å². The standard InChI is InChI=1S/C20H20FNO3S.C20H21FO3.C19H20FNO3.C11H15FO.C11H16O2.C4H9FO.C2H6.CH2S.3CH4.2ClH/c21-18(12-22-14-26)13-25-20(24)11-10-19(23)17-8-6-16(7-9-17)15-4-2-1-3-5-15;1-2-18(21)14-24-20(23)13-12-19(22)17-10-8-16(9-11-17)15-6-4-3-5-7-15;20-17(12-21)13-24-19(23)11-10-18(22)16-8-6-15(7-9-16)14-4-2-1-3-5-14;2*1-2-11(12)9-13-8-10-6-4-3-5-7-10;1-2-4(5)3-6;2*1-2;;;;;/h1-9,14,18H,10-13H2,(H,22,26);3-11,18H,2,12-14H2,1H3;1-9,17H,10-13,21H2;3-7,11H,2,8-9H2,1H3;3-7,11-12H,2,8-9H2,1H3;4,6H,2-3H2,1H3;1-2H3;1H2;3*1H4;2*1H/i;;;;;;1D;;1T;;;;. The minimum absolute atomic E-state index is 0. The third-order valence-corrected chi connectivity index (χ3v) is 15.6. The number of aliphatic hydroxyl groups excluding tert-OH is 2. The molecule has 115 heavy (non-hydrogen) atoms. The van der Waals surface area contributed by atoms with E-state index in [9.17, 15) is 55.8 Å². The van der Waals surface area contributed by atoms with Gasteiger partial charge in [0, 0.05) is 45.2 Å². The fourth-order valence-corrected chi connectivity index (χ4v) is 8.95. The minimum atomic E-state index is -1.33. The molecule has 0 aliphatic carbocycles. The number of thiocarbonyl (C=S) groups is 2. The van der Waals surface area contributed by atoms with Gasteiger partial charge in [-0.3, -0.25) is 28.8 Å². The Bertz CT molecular complexity index is 3570. The third-order valence-electron chi connectivity index (χ3n) is 15.5. The first-order valence-corrected chi connectivity index (χ1v) is 37.5. The number of esters is 3. The highest BCUT2D eigenvalue weighted by molar-refractivity contribution is 7.78. The zero-order valence-electron chi connectivity index (χ0n) is 67.5. The summed E-state index contributed by atoms with van der Waals surface area (Å²) in [6.07, 6.45) is -3.94. The van der Waals surface area contributed by atoms with Crippen molar-refractivity contribution in [3.8, 4) is 33.4 Å².